The van der Waals surface area contributed by atoms with E-state index in [-0.39, 0.29) is 11.1 Å². The predicted molar refractivity (Wildman–Crippen MR) is 120 cm³/mol. The highest BCUT2D eigenvalue weighted by molar-refractivity contribution is 8.03. The second kappa shape index (κ2) is 11.6. The van der Waals surface area contributed by atoms with Crippen LogP contribution in [0.15, 0.2) is 41.3 Å². The van der Waals surface area contributed by atoms with Crippen LogP contribution in [0.4, 0.5) is 0 Å². The van der Waals surface area contributed by atoms with Gasteiger partial charge in [0, 0.05) is 12.6 Å². The number of hydroxylamine groups is 2. The summed E-state index contributed by atoms with van der Waals surface area (Å²) < 4.78 is 30.1. The molecule has 0 amide bonds. The third kappa shape index (κ3) is 7.00. The fourth-order valence-electron chi connectivity index (χ4n) is 3.28. The van der Waals surface area contributed by atoms with Gasteiger partial charge in [0.05, 0.1) is 11.3 Å². The number of thioether (sulfide) groups is 1. The monoisotopic (exact) mass is 434 g/mol. The summed E-state index contributed by atoms with van der Waals surface area (Å²) in [6.45, 7) is 4.11. The first-order chi connectivity index (χ1) is 13.9. The zero-order valence-electron chi connectivity index (χ0n) is 17.4. The van der Waals surface area contributed by atoms with Crippen molar-refractivity contribution in [2.24, 2.45) is 0 Å². The first kappa shape index (κ1) is 23.7. The van der Waals surface area contributed by atoms with Crippen molar-refractivity contribution >= 4 is 27.5 Å². The maximum Gasteiger partial charge on any atom is 0.283 e. The van der Waals surface area contributed by atoms with Crippen molar-refractivity contribution in [1.82, 2.24) is 5.06 Å². The second-order valence-corrected chi connectivity index (χ2v) is 9.86. The molecule has 1 aromatic rings. The van der Waals surface area contributed by atoms with E-state index in [1.807, 2.05) is 42.7 Å². The molecule has 0 saturated heterocycles. The van der Waals surface area contributed by atoms with E-state index < -0.39 is 10.1 Å². The van der Waals surface area contributed by atoms with E-state index in [1.54, 1.807) is 7.05 Å². The molecule has 0 spiro atoms. The maximum absolute atomic E-state index is 12.4. The molecule has 1 aliphatic heterocycles. The Morgan fingerprint density at radius 2 is 1.90 bits per heavy atom. The Hall–Kier alpha value is -1.59. The van der Waals surface area contributed by atoms with Gasteiger partial charge in [0.15, 0.2) is 0 Å². The highest BCUT2D eigenvalue weighted by Gasteiger charge is 2.29. The van der Waals surface area contributed by atoms with Gasteiger partial charge in [-0.15, -0.1) is 11.8 Å². The van der Waals surface area contributed by atoms with Crippen LogP contribution in [0.3, 0.4) is 0 Å². The van der Waals surface area contributed by atoms with Crippen molar-refractivity contribution in [3.8, 4) is 6.07 Å². The minimum atomic E-state index is -3.66. The molecule has 1 unspecified atom stereocenters. The lowest BCUT2D eigenvalue weighted by atomic mass is 9.97. The molecule has 158 valence electrons. The predicted octanol–water partition coefficient (Wildman–Crippen LogP) is 5.41. The van der Waals surface area contributed by atoms with Crippen molar-refractivity contribution in [3.05, 3.63) is 52.4 Å². The molecule has 0 bridgehead atoms. The molecule has 0 radical (unpaired) electrons. The zero-order chi connectivity index (χ0) is 21.3. The molecule has 2 rings (SSSR count). The molecular formula is C22H30N2O3S2. The molecule has 7 heteroatoms. The van der Waals surface area contributed by atoms with Crippen molar-refractivity contribution in [3.63, 3.8) is 0 Å². The zero-order valence-corrected chi connectivity index (χ0v) is 19.1. The van der Waals surface area contributed by atoms with E-state index in [9.17, 15) is 13.7 Å². The van der Waals surface area contributed by atoms with Gasteiger partial charge in [0.25, 0.3) is 10.1 Å². The van der Waals surface area contributed by atoms with Crippen LogP contribution in [0.25, 0.3) is 5.57 Å². The lowest BCUT2D eigenvalue weighted by Crippen LogP contribution is -2.32. The van der Waals surface area contributed by atoms with Crippen molar-refractivity contribution in [2.45, 2.75) is 57.7 Å². The van der Waals surface area contributed by atoms with Gasteiger partial charge in [0.1, 0.15) is 11.4 Å². The van der Waals surface area contributed by atoms with Gasteiger partial charge in [-0.05, 0) is 36.0 Å². The van der Waals surface area contributed by atoms with Crippen LogP contribution in [0, 0.1) is 18.3 Å². The molecule has 0 fully saturated rings. The summed E-state index contributed by atoms with van der Waals surface area (Å²) >= 11 is 1.43. The first-order valence-corrected chi connectivity index (χ1v) is 12.6. The van der Waals surface area contributed by atoms with Gasteiger partial charge in [0.2, 0.25) is 0 Å². The third-order valence-electron chi connectivity index (χ3n) is 4.85. The number of nitriles is 1. The Labute approximate surface area is 179 Å². The number of likely N-dealkylation sites (N-methyl/N-ethyl adjacent to an activating group) is 1. The highest BCUT2D eigenvalue weighted by Crippen LogP contribution is 2.37. The number of hydrogen-bond donors (Lipinski definition) is 0. The van der Waals surface area contributed by atoms with Crippen LogP contribution >= 0.6 is 11.8 Å². The summed E-state index contributed by atoms with van der Waals surface area (Å²) in [5, 5.41) is 12.6. The van der Waals surface area contributed by atoms with Gasteiger partial charge in [-0.1, -0.05) is 63.3 Å². The second-order valence-electron chi connectivity index (χ2n) is 7.20. The number of aryl methyl sites for hydroxylation is 1. The average molecular weight is 435 g/mol. The van der Waals surface area contributed by atoms with Gasteiger partial charge >= 0.3 is 0 Å². The minimum Gasteiger partial charge on any atom is -0.198 e. The normalized spacial score (nSPS) is 18.2. The summed E-state index contributed by atoms with van der Waals surface area (Å²) in [7, 11) is -2.05. The van der Waals surface area contributed by atoms with E-state index in [0.717, 1.165) is 36.0 Å². The van der Waals surface area contributed by atoms with Crippen molar-refractivity contribution in [2.75, 3.05) is 12.8 Å². The van der Waals surface area contributed by atoms with E-state index in [0.29, 0.717) is 12.0 Å². The van der Waals surface area contributed by atoms with Gasteiger partial charge in [-0.3, -0.25) is 0 Å². The number of hydrogen-bond acceptors (Lipinski definition) is 6. The van der Waals surface area contributed by atoms with Crippen LogP contribution in [-0.4, -0.2) is 31.7 Å². The lowest BCUT2D eigenvalue weighted by Gasteiger charge is -2.24. The third-order valence-corrected chi connectivity index (χ3v) is 7.20. The van der Waals surface area contributed by atoms with Crippen LogP contribution in [0.2, 0.25) is 0 Å². The minimum absolute atomic E-state index is 0.0101. The lowest BCUT2D eigenvalue weighted by molar-refractivity contribution is -0.0239. The molecule has 29 heavy (non-hydrogen) atoms. The molecule has 0 aliphatic carbocycles. The van der Waals surface area contributed by atoms with Gasteiger partial charge in [-0.2, -0.15) is 23.0 Å². The van der Waals surface area contributed by atoms with Gasteiger partial charge < -0.3 is 0 Å². The summed E-state index contributed by atoms with van der Waals surface area (Å²) in [6.07, 6.45) is 7.91. The largest absolute Gasteiger partial charge is 0.283 e. The number of allylic oxidation sites excluding steroid dienone is 1. The van der Waals surface area contributed by atoms with Crippen LogP contribution in [0.5, 0.6) is 0 Å². The summed E-state index contributed by atoms with van der Waals surface area (Å²) in [4.78, 5) is 0. The van der Waals surface area contributed by atoms with E-state index >= 15 is 0 Å². The number of rotatable bonds is 11. The molecule has 1 aliphatic rings. The summed E-state index contributed by atoms with van der Waals surface area (Å²) in [5.74, 6) is 0.0101. The topological polar surface area (TPSA) is 70.4 Å². The van der Waals surface area contributed by atoms with Crippen molar-refractivity contribution < 1.29 is 12.7 Å². The summed E-state index contributed by atoms with van der Waals surface area (Å²) in [6, 6.07) is 9.98. The van der Waals surface area contributed by atoms with E-state index in [1.165, 1.54) is 29.7 Å². The van der Waals surface area contributed by atoms with Crippen LogP contribution in [-0.2, 0) is 14.4 Å². The molecular weight excluding hydrogens is 404 g/mol. The Bertz CT molecular complexity index is 886. The molecule has 1 heterocycles. The Balaban J connectivity index is 2.05. The Morgan fingerprint density at radius 1 is 1.21 bits per heavy atom. The van der Waals surface area contributed by atoms with Crippen molar-refractivity contribution in [1.29, 1.82) is 5.26 Å². The fraction of sp³-hybridized carbons (Fsp3) is 0.500. The smallest absolute Gasteiger partial charge is 0.198 e. The SMILES string of the molecule is CCCCCCCCS(=O)(=O)ON(C)C1SC=C/C1=C(/C#N)c1ccccc1C. The molecule has 1 atom stereocenters. The average Bonchev–Trinajstić information content (AvgIpc) is 3.16. The Kier molecular flexibility index (Phi) is 9.44. The van der Waals surface area contributed by atoms with Gasteiger partial charge in [-0.25, -0.2) is 0 Å². The van der Waals surface area contributed by atoms with E-state index in [4.69, 9.17) is 4.28 Å². The summed E-state index contributed by atoms with van der Waals surface area (Å²) in [5.41, 5.74) is 3.15. The fourth-order valence-corrected chi connectivity index (χ4v) is 5.34. The van der Waals surface area contributed by atoms with E-state index in [2.05, 4.69) is 13.0 Å². The molecule has 0 N–H and O–H groups in total. The molecule has 1 aromatic carbocycles. The van der Waals surface area contributed by atoms with Crippen LogP contribution in [0.1, 0.15) is 56.6 Å². The number of benzene rings is 1. The molecule has 0 aromatic heterocycles. The molecule has 0 saturated carbocycles. The number of unbranched alkanes of at least 4 members (excludes halogenated alkanes) is 5. The first-order valence-electron chi connectivity index (χ1n) is 10.1. The standard InChI is InChI=1S/C22H30N2O3S2/c1-4-5-6-7-8-11-16-29(25,26)27-24(3)22-20(14-15-28-22)21(17-23)19-13-10-9-12-18(19)2/h9-10,12-15,22H,4-8,11,16H2,1-3H3/b21-20+. The number of nitrogens with zero attached hydrogens (tertiary/aromatic N) is 2. The molecule has 5 nitrogen and oxygen atoms in total. The highest BCUT2D eigenvalue weighted by atomic mass is 32.2. The van der Waals surface area contributed by atoms with Crippen LogP contribution < -0.4 is 0 Å². The Morgan fingerprint density at radius 3 is 2.59 bits per heavy atom. The quantitative estimate of drug-likeness (QED) is 0.263. The maximum atomic E-state index is 12.4.